The van der Waals surface area contributed by atoms with Crippen LogP contribution in [0.4, 0.5) is 5.82 Å². The van der Waals surface area contributed by atoms with Crippen LogP contribution >= 0.6 is 0 Å². The Balaban J connectivity index is 0.000000775. The van der Waals surface area contributed by atoms with Gasteiger partial charge in [0.1, 0.15) is 5.82 Å². The number of aromatic nitrogens is 3. The molecule has 1 aliphatic carbocycles. The van der Waals surface area contributed by atoms with Crippen molar-refractivity contribution in [1.82, 2.24) is 19.9 Å². The SMILES string of the molecule is CCCN1CCCC2(CCc3c(N4CCOCC4)nc(-c4cccnc4)nc32)C1.O=CO. The van der Waals surface area contributed by atoms with Gasteiger partial charge in [-0.1, -0.05) is 6.92 Å². The summed E-state index contributed by atoms with van der Waals surface area (Å²) < 4.78 is 5.60. The Morgan fingerprint density at radius 1 is 1.22 bits per heavy atom. The minimum atomic E-state index is -0.250. The van der Waals surface area contributed by atoms with E-state index in [4.69, 9.17) is 24.6 Å². The highest BCUT2D eigenvalue weighted by Gasteiger charge is 2.45. The molecule has 8 nitrogen and oxygen atoms in total. The Labute approximate surface area is 189 Å². The van der Waals surface area contributed by atoms with Gasteiger partial charge in [0.2, 0.25) is 0 Å². The number of likely N-dealkylation sites (tertiary alicyclic amines) is 1. The lowest BCUT2D eigenvalue weighted by Crippen LogP contribution is -2.45. The van der Waals surface area contributed by atoms with E-state index in [1.165, 1.54) is 50.0 Å². The lowest BCUT2D eigenvalue weighted by Gasteiger charge is -2.40. The zero-order chi connectivity index (χ0) is 22.4. The first-order valence-electron chi connectivity index (χ1n) is 11.7. The number of nitrogens with zero attached hydrogens (tertiary/aromatic N) is 5. The molecule has 4 heterocycles. The molecular formula is C24H33N5O3. The summed E-state index contributed by atoms with van der Waals surface area (Å²) in [6.45, 7) is 8.95. The van der Waals surface area contributed by atoms with Crippen molar-refractivity contribution in [3.8, 4) is 11.4 Å². The number of morpholine rings is 1. The molecule has 1 N–H and O–H groups in total. The number of fused-ring (bicyclic) bond motifs is 2. The molecule has 0 bridgehead atoms. The summed E-state index contributed by atoms with van der Waals surface area (Å²) >= 11 is 0. The second-order valence-corrected chi connectivity index (χ2v) is 8.80. The van der Waals surface area contributed by atoms with Crippen molar-refractivity contribution in [2.75, 3.05) is 50.8 Å². The molecule has 2 aromatic rings. The largest absolute Gasteiger partial charge is 0.483 e. The van der Waals surface area contributed by atoms with Crippen LogP contribution in [0.5, 0.6) is 0 Å². The second kappa shape index (κ2) is 10.4. The maximum Gasteiger partial charge on any atom is 0.290 e. The summed E-state index contributed by atoms with van der Waals surface area (Å²) in [6.07, 6.45) is 9.71. The zero-order valence-corrected chi connectivity index (χ0v) is 18.9. The van der Waals surface area contributed by atoms with Gasteiger partial charge in [0.05, 0.1) is 18.9 Å². The van der Waals surface area contributed by atoms with Crippen LogP contribution in [-0.4, -0.2) is 77.4 Å². The van der Waals surface area contributed by atoms with Crippen LogP contribution in [0, 0.1) is 0 Å². The van der Waals surface area contributed by atoms with E-state index >= 15 is 0 Å². The molecule has 2 saturated heterocycles. The normalized spacial score (nSPS) is 22.8. The van der Waals surface area contributed by atoms with Gasteiger partial charge in [0.25, 0.3) is 6.47 Å². The van der Waals surface area contributed by atoms with Crippen LogP contribution in [0.3, 0.4) is 0 Å². The quantitative estimate of drug-likeness (QED) is 0.727. The van der Waals surface area contributed by atoms with E-state index in [0.717, 1.165) is 56.5 Å². The maximum absolute atomic E-state index is 8.36. The first kappa shape index (κ1) is 22.6. The van der Waals surface area contributed by atoms with E-state index in [1.807, 2.05) is 18.5 Å². The highest BCUT2D eigenvalue weighted by molar-refractivity contribution is 5.62. The van der Waals surface area contributed by atoms with Gasteiger partial charge in [-0.2, -0.15) is 0 Å². The van der Waals surface area contributed by atoms with Crippen LogP contribution in [-0.2, 0) is 21.4 Å². The lowest BCUT2D eigenvalue weighted by molar-refractivity contribution is -0.122. The molecule has 32 heavy (non-hydrogen) atoms. The third-order valence-electron chi connectivity index (χ3n) is 6.77. The van der Waals surface area contributed by atoms with Gasteiger partial charge in [-0.3, -0.25) is 9.78 Å². The predicted molar refractivity (Wildman–Crippen MR) is 123 cm³/mol. The number of rotatable bonds is 4. The summed E-state index contributed by atoms with van der Waals surface area (Å²) in [5, 5.41) is 6.89. The number of carbonyl (C=O) groups is 1. The van der Waals surface area contributed by atoms with Crippen LogP contribution in [0.15, 0.2) is 24.5 Å². The molecule has 2 aliphatic heterocycles. The Morgan fingerprint density at radius 2 is 2.03 bits per heavy atom. The summed E-state index contributed by atoms with van der Waals surface area (Å²) in [6, 6.07) is 4.05. The van der Waals surface area contributed by atoms with Crippen LogP contribution in [0.1, 0.15) is 43.9 Å². The average molecular weight is 440 g/mol. The highest BCUT2D eigenvalue weighted by Crippen LogP contribution is 2.47. The molecule has 1 atom stereocenters. The zero-order valence-electron chi connectivity index (χ0n) is 18.9. The molecule has 1 spiro atoms. The summed E-state index contributed by atoms with van der Waals surface area (Å²) in [4.78, 5) is 28.0. The topological polar surface area (TPSA) is 91.7 Å². The molecule has 5 rings (SSSR count). The van der Waals surface area contributed by atoms with Crippen molar-refractivity contribution in [2.24, 2.45) is 0 Å². The summed E-state index contributed by atoms with van der Waals surface area (Å²) in [7, 11) is 0. The molecule has 0 saturated carbocycles. The lowest BCUT2D eigenvalue weighted by atomic mass is 9.77. The minimum absolute atomic E-state index is 0.184. The van der Waals surface area contributed by atoms with E-state index in [9.17, 15) is 0 Å². The average Bonchev–Trinajstić information content (AvgIpc) is 3.18. The summed E-state index contributed by atoms with van der Waals surface area (Å²) in [5.41, 5.74) is 3.89. The molecule has 172 valence electrons. The first-order chi connectivity index (χ1) is 15.7. The molecule has 8 heteroatoms. The molecule has 2 aromatic heterocycles. The van der Waals surface area contributed by atoms with Gasteiger partial charge in [-0.15, -0.1) is 0 Å². The predicted octanol–water partition coefficient (Wildman–Crippen LogP) is 2.77. The van der Waals surface area contributed by atoms with Gasteiger partial charge in [-0.05, 0) is 57.3 Å². The first-order valence-corrected chi connectivity index (χ1v) is 11.7. The second-order valence-electron chi connectivity index (χ2n) is 8.80. The van der Waals surface area contributed by atoms with Crippen LogP contribution in [0.25, 0.3) is 11.4 Å². The van der Waals surface area contributed by atoms with Crippen molar-refractivity contribution in [1.29, 1.82) is 0 Å². The summed E-state index contributed by atoms with van der Waals surface area (Å²) in [5.74, 6) is 1.97. The van der Waals surface area contributed by atoms with E-state index in [-0.39, 0.29) is 11.9 Å². The number of pyridine rings is 1. The van der Waals surface area contributed by atoms with Crippen LogP contribution in [0.2, 0.25) is 0 Å². The standard InChI is InChI=1S/C23H31N5O.CH2O2/c1-2-10-27-11-4-7-23(17-27)8-6-19-20(23)25-21(18-5-3-9-24-16-18)26-22(19)28-12-14-29-15-13-28;2-1-3/h3,5,9,16H,2,4,6-8,10-15,17H2,1H3;1H,(H,2,3). The van der Waals surface area contributed by atoms with Gasteiger partial charge in [-0.25, -0.2) is 9.97 Å². The monoisotopic (exact) mass is 439 g/mol. The van der Waals surface area contributed by atoms with Crippen molar-refractivity contribution in [2.45, 2.75) is 44.4 Å². The number of piperidine rings is 1. The molecule has 1 unspecified atom stereocenters. The molecular weight excluding hydrogens is 406 g/mol. The maximum atomic E-state index is 8.36. The number of anilines is 1. The molecule has 3 aliphatic rings. The van der Waals surface area contributed by atoms with Gasteiger partial charge < -0.3 is 19.6 Å². The number of hydrogen-bond donors (Lipinski definition) is 1. The van der Waals surface area contributed by atoms with E-state index < -0.39 is 0 Å². The molecule has 0 amide bonds. The Hall–Kier alpha value is -2.58. The molecule has 2 fully saturated rings. The van der Waals surface area contributed by atoms with Crippen molar-refractivity contribution in [3.05, 3.63) is 35.8 Å². The fraction of sp³-hybridized carbons (Fsp3) is 0.583. The third kappa shape index (κ3) is 4.61. The molecule has 0 radical (unpaired) electrons. The van der Waals surface area contributed by atoms with Gasteiger partial charge in [0.15, 0.2) is 5.82 Å². The number of carboxylic acid groups (broad SMARTS) is 1. The third-order valence-corrected chi connectivity index (χ3v) is 6.77. The van der Waals surface area contributed by atoms with Crippen molar-refractivity contribution >= 4 is 12.3 Å². The van der Waals surface area contributed by atoms with Crippen LogP contribution < -0.4 is 4.90 Å². The minimum Gasteiger partial charge on any atom is -0.483 e. The van der Waals surface area contributed by atoms with E-state index in [0.29, 0.717) is 0 Å². The van der Waals surface area contributed by atoms with Crippen molar-refractivity contribution in [3.63, 3.8) is 0 Å². The van der Waals surface area contributed by atoms with E-state index in [2.05, 4.69) is 27.8 Å². The van der Waals surface area contributed by atoms with Crippen molar-refractivity contribution < 1.29 is 14.6 Å². The van der Waals surface area contributed by atoms with Gasteiger partial charge in [0, 0.05) is 48.6 Å². The number of ether oxygens (including phenoxy) is 1. The molecule has 0 aromatic carbocycles. The Morgan fingerprint density at radius 3 is 2.75 bits per heavy atom. The number of hydrogen-bond acceptors (Lipinski definition) is 7. The Bertz CT molecular complexity index is 902. The fourth-order valence-electron chi connectivity index (χ4n) is 5.42. The smallest absolute Gasteiger partial charge is 0.290 e. The Kier molecular flexibility index (Phi) is 7.32. The van der Waals surface area contributed by atoms with Gasteiger partial charge >= 0.3 is 0 Å². The van der Waals surface area contributed by atoms with E-state index in [1.54, 1.807) is 0 Å². The fourth-order valence-corrected chi connectivity index (χ4v) is 5.42. The highest BCUT2D eigenvalue weighted by atomic mass is 16.5.